The summed E-state index contributed by atoms with van der Waals surface area (Å²) in [6, 6.07) is 14.9. The molecule has 2 aromatic carbocycles. The van der Waals surface area contributed by atoms with Crippen molar-refractivity contribution in [3.8, 4) is 17.1 Å². The molecular weight excluding hydrogens is 460 g/mol. The SMILES string of the molecule is COCCCN1C(=S)NC(c2cccc(Cl)c2)C(c2nc(-c3cccc(OC)c3)no2)=C1C. The number of nitrogens with one attached hydrogen (secondary N) is 1. The Hall–Kier alpha value is -2.94. The van der Waals surface area contributed by atoms with E-state index in [1.165, 1.54) is 0 Å². The molecule has 1 N–H and O–H groups in total. The normalized spacial score (nSPS) is 16.2. The number of rotatable bonds is 8. The van der Waals surface area contributed by atoms with Crippen molar-refractivity contribution in [1.29, 1.82) is 0 Å². The Morgan fingerprint density at radius 1 is 1.18 bits per heavy atom. The fourth-order valence-corrected chi connectivity index (χ4v) is 4.39. The van der Waals surface area contributed by atoms with Gasteiger partial charge < -0.3 is 24.2 Å². The Bertz CT molecular complexity index is 1180. The zero-order valence-electron chi connectivity index (χ0n) is 18.7. The van der Waals surface area contributed by atoms with E-state index in [1.807, 2.05) is 60.4 Å². The minimum atomic E-state index is -0.284. The number of benzene rings is 2. The molecule has 1 atom stereocenters. The highest BCUT2D eigenvalue weighted by Crippen LogP contribution is 2.38. The van der Waals surface area contributed by atoms with Gasteiger partial charge in [0.05, 0.1) is 18.7 Å². The summed E-state index contributed by atoms with van der Waals surface area (Å²) in [6.45, 7) is 3.36. The van der Waals surface area contributed by atoms with Crippen LogP contribution in [0.2, 0.25) is 5.02 Å². The van der Waals surface area contributed by atoms with Crippen LogP contribution >= 0.6 is 23.8 Å². The summed E-state index contributed by atoms with van der Waals surface area (Å²) in [5.74, 6) is 1.62. The maximum atomic E-state index is 6.29. The number of ether oxygens (including phenoxy) is 2. The van der Waals surface area contributed by atoms with Gasteiger partial charge in [0, 0.05) is 36.5 Å². The van der Waals surface area contributed by atoms with Gasteiger partial charge in [-0.3, -0.25) is 0 Å². The van der Waals surface area contributed by atoms with Gasteiger partial charge in [0.2, 0.25) is 5.82 Å². The predicted molar refractivity (Wildman–Crippen MR) is 132 cm³/mol. The molecule has 33 heavy (non-hydrogen) atoms. The molecule has 172 valence electrons. The summed E-state index contributed by atoms with van der Waals surface area (Å²) in [7, 11) is 3.31. The standard InChI is InChI=1S/C24H25ClN4O3S/c1-15-20(23-27-22(28-32-23)17-8-5-10-19(14-17)31-3)21(16-7-4-9-18(25)13-16)26-24(33)29(15)11-6-12-30-2/h4-5,7-10,13-14,21H,6,11-12H2,1-3H3,(H,26,33). The first-order valence-electron chi connectivity index (χ1n) is 10.5. The van der Waals surface area contributed by atoms with Gasteiger partial charge in [0.25, 0.3) is 5.89 Å². The van der Waals surface area contributed by atoms with Gasteiger partial charge in [-0.1, -0.05) is 41.0 Å². The number of methoxy groups -OCH3 is 2. The van der Waals surface area contributed by atoms with E-state index in [1.54, 1.807) is 14.2 Å². The Kier molecular flexibility index (Phi) is 7.27. The largest absolute Gasteiger partial charge is 0.497 e. The molecule has 7 nitrogen and oxygen atoms in total. The molecule has 1 aliphatic heterocycles. The molecule has 4 rings (SSSR count). The van der Waals surface area contributed by atoms with Crippen molar-refractivity contribution in [3.63, 3.8) is 0 Å². The molecule has 0 bridgehead atoms. The van der Waals surface area contributed by atoms with Gasteiger partial charge in [-0.2, -0.15) is 4.98 Å². The van der Waals surface area contributed by atoms with Crippen molar-refractivity contribution in [3.05, 3.63) is 70.7 Å². The maximum Gasteiger partial charge on any atom is 0.258 e. The van der Waals surface area contributed by atoms with Crippen LogP contribution in [0.25, 0.3) is 17.0 Å². The average molecular weight is 485 g/mol. The number of hydrogen-bond acceptors (Lipinski definition) is 6. The van der Waals surface area contributed by atoms with Crippen molar-refractivity contribution in [2.45, 2.75) is 19.4 Å². The number of nitrogens with zero attached hydrogens (tertiary/aromatic N) is 3. The first-order valence-corrected chi connectivity index (χ1v) is 11.3. The molecule has 0 aliphatic carbocycles. The first kappa shape index (κ1) is 23.2. The van der Waals surface area contributed by atoms with E-state index in [9.17, 15) is 0 Å². The molecule has 0 amide bonds. The van der Waals surface area contributed by atoms with E-state index in [0.29, 0.717) is 35.0 Å². The number of aromatic nitrogens is 2. The lowest BCUT2D eigenvalue weighted by molar-refractivity contribution is 0.188. The zero-order valence-corrected chi connectivity index (χ0v) is 20.2. The number of halogens is 1. The highest BCUT2D eigenvalue weighted by Gasteiger charge is 2.34. The fraction of sp³-hybridized carbons (Fsp3) is 0.292. The van der Waals surface area contributed by atoms with Crippen LogP contribution < -0.4 is 10.1 Å². The summed E-state index contributed by atoms with van der Waals surface area (Å²) < 4.78 is 16.3. The third-order valence-electron chi connectivity index (χ3n) is 5.49. The van der Waals surface area contributed by atoms with E-state index in [-0.39, 0.29) is 6.04 Å². The quantitative estimate of drug-likeness (QED) is 0.350. The molecule has 1 aliphatic rings. The van der Waals surface area contributed by atoms with Crippen LogP contribution in [-0.2, 0) is 4.74 Å². The minimum absolute atomic E-state index is 0.284. The van der Waals surface area contributed by atoms with Crippen molar-refractivity contribution >= 4 is 34.5 Å². The monoisotopic (exact) mass is 484 g/mol. The molecule has 0 spiro atoms. The van der Waals surface area contributed by atoms with Crippen LogP contribution in [0.4, 0.5) is 0 Å². The summed E-state index contributed by atoms with van der Waals surface area (Å²) in [5, 5.41) is 8.94. The van der Waals surface area contributed by atoms with Gasteiger partial charge in [-0.25, -0.2) is 0 Å². The number of hydrogen-bond donors (Lipinski definition) is 1. The van der Waals surface area contributed by atoms with Crippen LogP contribution in [0, 0.1) is 0 Å². The van der Waals surface area contributed by atoms with Gasteiger partial charge in [-0.15, -0.1) is 0 Å². The topological polar surface area (TPSA) is 72.7 Å². The lowest BCUT2D eigenvalue weighted by Gasteiger charge is -2.37. The second-order valence-electron chi connectivity index (χ2n) is 7.59. The molecule has 1 unspecified atom stereocenters. The second kappa shape index (κ2) is 10.3. The third-order valence-corrected chi connectivity index (χ3v) is 6.07. The predicted octanol–water partition coefficient (Wildman–Crippen LogP) is 5.10. The summed E-state index contributed by atoms with van der Waals surface area (Å²) >= 11 is 12.0. The van der Waals surface area contributed by atoms with Crippen LogP contribution in [0.5, 0.6) is 5.75 Å². The van der Waals surface area contributed by atoms with Crippen molar-refractivity contribution in [2.24, 2.45) is 0 Å². The Balaban J connectivity index is 1.77. The van der Waals surface area contributed by atoms with Gasteiger partial charge in [0.15, 0.2) is 5.11 Å². The molecule has 9 heteroatoms. The smallest absolute Gasteiger partial charge is 0.258 e. The van der Waals surface area contributed by atoms with E-state index < -0.39 is 0 Å². The van der Waals surface area contributed by atoms with E-state index >= 15 is 0 Å². The summed E-state index contributed by atoms with van der Waals surface area (Å²) in [4.78, 5) is 6.77. The average Bonchev–Trinajstić information content (AvgIpc) is 3.30. The number of allylic oxidation sites excluding steroid dienone is 1. The van der Waals surface area contributed by atoms with Gasteiger partial charge in [-0.05, 0) is 55.4 Å². The zero-order chi connectivity index (χ0) is 23.4. The maximum absolute atomic E-state index is 6.29. The Morgan fingerprint density at radius 2 is 2.00 bits per heavy atom. The lowest BCUT2D eigenvalue weighted by Crippen LogP contribution is -2.46. The number of thiocarbonyl (C=S) groups is 1. The van der Waals surface area contributed by atoms with Crippen molar-refractivity contribution in [1.82, 2.24) is 20.4 Å². The molecule has 0 saturated carbocycles. The fourth-order valence-electron chi connectivity index (χ4n) is 3.84. The summed E-state index contributed by atoms with van der Waals surface area (Å²) in [6.07, 6.45) is 0.823. The third kappa shape index (κ3) is 5.03. The molecule has 3 aromatic rings. The van der Waals surface area contributed by atoms with Crippen LogP contribution in [0.15, 0.2) is 58.8 Å². The molecule has 1 aromatic heterocycles. The van der Waals surface area contributed by atoms with Crippen LogP contribution in [0.3, 0.4) is 0 Å². The van der Waals surface area contributed by atoms with Gasteiger partial charge >= 0.3 is 0 Å². The molecular formula is C24H25ClN4O3S. The molecule has 0 fully saturated rings. The van der Waals surface area contributed by atoms with E-state index in [4.69, 9.17) is 42.8 Å². The minimum Gasteiger partial charge on any atom is -0.497 e. The summed E-state index contributed by atoms with van der Waals surface area (Å²) in [5.41, 5.74) is 3.56. The van der Waals surface area contributed by atoms with Crippen LogP contribution in [0.1, 0.15) is 30.8 Å². The van der Waals surface area contributed by atoms with Crippen LogP contribution in [-0.4, -0.2) is 47.5 Å². The lowest BCUT2D eigenvalue weighted by atomic mass is 9.94. The molecule has 2 heterocycles. The highest BCUT2D eigenvalue weighted by molar-refractivity contribution is 7.80. The Morgan fingerprint density at radius 3 is 2.76 bits per heavy atom. The Labute approximate surface area is 203 Å². The van der Waals surface area contributed by atoms with E-state index in [2.05, 4.69) is 10.5 Å². The van der Waals surface area contributed by atoms with E-state index in [0.717, 1.165) is 34.6 Å². The molecule has 0 radical (unpaired) electrons. The highest BCUT2D eigenvalue weighted by atomic mass is 35.5. The second-order valence-corrected chi connectivity index (χ2v) is 8.41. The van der Waals surface area contributed by atoms with Gasteiger partial charge in [0.1, 0.15) is 5.75 Å². The van der Waals surface area contributed by atoms with Crippen molar-refractivity contribution in [2.75, 3.05) is 27.4 Å². The molecule has 0 saturated heterocycles. The first-order chi connectivity index (χ1) is 16.0. The van der Waals surface area contributed by atoms with Crippen molar-refractivity contribution < 1.29 is 14.0 Å².